The van der Waals surface area contributed by atoms with Crippen molar-refractivity contribution in [2.75, 3.05) is 0 Å². The summed E-state index contributed by atoms with van der Waals surface area (Å²) < 4.78 is 5.71. The molecule has 0 radical (unpaired) electrons. The fourth-order valence-corrected chi connectivity index (χ4v) is 2.50. The summed E-state index contributed by atoms with van der Waals surface area (Å²) in [6.07, 6.45) is 0. The summed E-state index contributed by atoms with van der Waals surface area (Å²) in [5, 5.41) is -0.683. The van der Waals surface area contributed by atoms with Crippen LogP contribution in [0.1, 0.15) is 21.3 Å². The van der Waals surface area contributed by atoms with Crippen molar-refractivity contribution in [3.8, 4) is 11.5 Å². The lowest BCUT2D eigenvalue weighted by molar-refractivity contribution is 0.0987. The molecule has 3 rings (SSSR count). The average molecular weight is 323 g/mol. The normalized spacial score (nSPS) is 11.7. The highest BCUT2D eigenvalue weighted by atomic mass is 35.5. The molecule has 3 aromatic carbocycles. The molecule has 1 atom stereocenters. The minimum absolute atomic E-state index is 0.121. The van der Waals surface area contributed by atoms with Crippen molar-refractivity contribution >= 4 is 17.4 Å². The number of halogens is 1. The van der Waals surface area contributed by atoms with Crippen LogP contribution in [0.25, 0.3) is 0 Å². The average Bonchev–Trinajstić information content (AvgIpc) is 2.63. The van der Waals surface area contributed by atoms with Gasteiger partial charge in [-0.25, -0.2) is 0 Å². The molecule has 0 bridgehead atoms. The maximum atomic E-state index is 12.4. The largest absolute Gasteiger partial charge is 0.457 e. The SMILES string of the molecule is O=C(c1ccc(Oc2ccccc2)cc1)C(Cl)c1ccccc1. The van der Waals surface area contributed by atoms with Crippen LogP contribution in [0, 0.1) is 0 Å². The molecule has 0 amide bonds. The van der Waals surface area contributed by atoms with Crippen molar-refractivity contribution in [2.45, 2.75) is 5.38 Å². The van der Waals surface area contributed by atoms with Crippen LogP contribution in [0.4, 0.5) is 0 Å². The monoisotopic (exact) mass is 322 g/mol. The molecule has 114 valence electrons. The van der Waals surface area contributed by atoms with Gasteiger partial charge in [0, 0.05) is 5.56 Å². The van der Waals surface area contributed by atoms with E-state index in [1.165, 1.54) is 0 Å². The molecule has 3 heteroatoms. The van der Waals surface area contributed by atoms with E-state index in [-0.39, 0.29) is 5.78 Å². The zero-order chi connectivity index (χ0) is 16.1. The molecule has 23 heavy (non-hydrogen) atoms. The number of benzene rings is 3. The zero-order valence-corrected chi connectivity index (χ0v) is 13.1. The number of Topliss-reactive ketones (excluding diaryl/α,β-unsaturated/α-hetero) is 1. The first kappa shape index (κ1) is 15.3. The van der Waals surface area contributed by atoms with Gasteiger partial charge in [0.2, 0.25) is 0 Å². The zero-order valence-electron chi connectivity index (χ0n) is 12.4. The van der Waals surface area contributed by atoms with Crippen molar-refractivity contribution in [2.24, 2.45) is 0 Å². The second-order valence-corrected chi connectivity index (χ2v) is 5.51. The molecule has 1 unspecified atom stereocenters. The Hall–Kier alpha value is -2.58. The minimum atomic E-state index is -0.683. The topological polar surface area (TPSA) is 26.3 Å². The van der Waals surface area contributed by atoms with Crippen LogP contribution in [-0.4, -0.2) is 5.78 Å². The molecule has 0 aliphatic heterocycles. The third-order valence-corrected chi connectivity index (χ3v) is 3.89. The highest BCUT2D eigenvalue weighted by Crippen LogP contribution is 2.27. The molecule has 0 aliphatic rings. The third kappa shape index (κ3) is 3.79. The highest BCUT2D eigenvalue weighted by Gasteiger charge is 2.19. The van der Waals surface area contributed by atoms with Crippen LogP contribution in [0.3, 0.4) is 0 Å². The maximum absolute atomic E-state index is 12.4. The lowest BCUT2D eigenvalue weighted by Crippen LogP contribution is -2.07. The number of para-hydroxylation sites is 1. The number of rotatable bonds is 5. The summed E-state index contributed by atoms with van der Waals surface area (Å²) >= 11 is 6.28. The van der Waals surface area contributed by atoms with Crippen molar-refractivity contribution in [3.63, 3.8) is 0 Å². The highest BCUT2D eigenvalue weighted by molar-refractivity contribution is 6.33. The molecule has 0 spiro atoms. The van der Waals surface area contributed by atoms with Crippen molar-refractivity contribution in [1.29, 1.82) is 0 Å². The molecule has 0 saturated carbocycles. The van der Waals surface area contributed by atoms with Crippen LogP contribution in [0.5, 0.6) is 11.5 Å². The van der Waals surface area contributed by atoms with E-state index in [0.29, 0.717) is 11.3 Å². The number of carbonyl (C=O) groups excluding carboxylic acids is 1. The Bertz CT molecular complexity index is 768. The Kier molecular flexibility index (Phi) is 4.74. The van der Waals surface area contributed by atoms with E-state index in [0.717, 1.165) is 11.3 Å². The van der Waals surface area contributed by atoms with Gasteiger partial charge in [-0.1, -0.05) is 48.5 Å². The molecule has 0 aliphatic carbocycles. The number of ether oxygens (including phenoxy) is 1. The number of carbonyl (C=O) groups is 1. The predicted molar refractivity (Wildman–Crippen MR) is 92.3 cm³/mol. The van der Waals surface area contributed by atoms with E-state index in [1.54, 1.807) is 24.3 Å². The Morgan fingerprint density at radius 3 is 1.87 bits per heavy atom. The Morgan fingerprint density at radius 2 is 1.26 bits per heavy atom. The van der Waals surface area contributed by atoms with E-state index in [2.05, 4.69) is 0 Å². The van der Waals surface area contributed by atoms with Gasteiger partial charge >= 0.3 is 0 Å². The van der Waals surface area contributed by atoms with Gasteiger partial charge in [-0.05, 0) is 42.0 Å². The molecule has 2 nitrogen and oxygen atoms in total. The summed E-state index contributed by atoms with van der Waals surface area (Å²) in [4.78, 5) is 12.4. The van der Waals surface area contributed by atoms with Gasteiger partial charge in [0.05, 0.1) is 0 Å². The van der Waals surface area contributed by atoms with Gasteiger partial charge in [0.25, 0.3) is 0 Å². The fourth-order valence-electron chi connectivity index (χ4n) is 2.23. The maximum Gasteiger partial charge on any atom is 0.185 e. The summed E-state index contributed by atoms with van der Waals surface area (Å²) in [5.74, 6) is 1.31. The second kappa shape index (κ2) is 7.12. The number of alkyl halides is 1. The van der Waals surface area contributed by atoms with E-state index in [9.17, 15) is 4.79 Å². The molecule has 0 heterocycles. The van der Waals surface area contributed by atoms with Crippen LogP contribution < -0.4 is 4.74 Å². The summed E-state index contributed by atoms with van der Waals surface area (Å²) in [7, 11) is 0. The minimum Gasteiger partial charge on any atom is -0.457 e. The summed E-state index contributed by atoms with van der Waals surface area (Å²) in [6.45, 7) is 0. The predicted octanol–water partition coefficient (Wildman–Crippen LogP) is 5.64. The molecule has 0 N–H and O–H groups in total. The van der Waals surface area contributed by atoms with Crippen LogP contribution >= 0.6 is 11.6 Å². The quantitative estimate of drug-likeness (QED) is 0.448. The van der Waals surface area contributed by atoms with Crippen LogP contribution in [0.15, 0.2) is 84.9 Å². The van der Waals surface area contributed by atoms with Gasteiger partial charge < -0.3 is 4.74 Å². The molecule has 0 saturated heterocycles. The van der Waals surface area contributed by atoms with E-state index in [1.807, 2.05) is 60.7 Å². The van der Waals surface area contributed by atoms with E-state index < -0.39 is 5.38 Å². The molecule has 3 aromatic rings. The van der Waals surface area contributed by atoms with Crippen molar-refractivity contribution in [1.82, 2.24) is 0 Å². The lowest BCUT2D eigenvalue weighted by atomic mass is 10.0. The Balaban J connectivity index is 1.73. The first-order chi connectivity index (χ1) is 11.2. The van der Waals surface area contributed by atoms with E-state index >= 15 is 0 Å². The Labute approximate surface area is 140 Å². The first-order valence-corrected chi connectivity index (χ1v) is 7.74. The van der Waals surface area contributed by atoms with E-state index in [4.69, 9.17) is 16.3 Å². The van der Waals surface area contributed by atoms with Crippen molar-refractivity contribution in [3.05, 3.63) is 96.1 Å². The molecular weight excluding hydrogens is 308 g/mol. The van der Waals surface area contributed by atoms with Gasteiger partial charge in [0.15, 0.2) is 5.78 Å². The number of ketones is 1. The van der Waals surface area contributed by atoms with Gasteiger partial charge in [-0.3, -0.25) is 4.79 Å². The van der Waals surface area contributed by atoms with Crippen molar-refractivity contribution < 1.29 is 9.53 Å². The van der Waals surface area contributed by atoms with Gasteiger partial charge in [0.1, 0.15) is 16.9 Å². The van der Waals surface area contributed by atoms with Gasteiger partial charge in [-0.15, -0.1) is 11.6 Å². The van der Waals surface area contributed by atoms with Crippen LogP contribution in [-0.2, 0) is 0 Å². The number of hydrogen-bond acceptors (Lipinski definition) is 2. The van der Waals surface area contributed by atoms with Crippen LogP contribution in [0.2, 0.25) is 0 Å². The Morgan fingerprint density at radius 1 is 0.739 bits per heavy atom. The molecular formula is C20H15ClO2. The summed E-state index contributed by atoms with van der Waals surface area (Å²) in [5.41, 5.74) is 1.36. The van der Waals surface area contributed by atoms with Gasteiger partial charge in [-0.2, -0.15) is 0 Å². The standard InChI is InChI=1S/C20H15ClO2/c21-19(15-7-3-1-4-8-15)20(22)16-11-13-18(14-12-16)23-17-9-5-2-6-10-17/h1-14,19H. The lowest BCUT2D eigenvalue weighted by Gasteiger charge is -2.10. The smallest absolute Gasteiger partial charge is 0.185 e. The molecule has 0 aromatic heterocycles. The summed E-state index contributed by atoms with van der Waals surface area (Å²) in [6, 6.07) is 25.9. The fraction of sp³-hybridized carbons (Fsp3) is 0.0500. The molecule has 0 fully saturated rings. The second-order valence-electron chi connectivity index (χ2n) is 5.08. The number of hydrogen-bond donors (Lipinski definition) is 0. The third-order valence-electron chi connectivity index (χ3n) is 3.44. The first-order valence-electron chi connectivity index (χ1n) is 7.30.